The highest BCUT2D eigenvalue weighted by Crippen LogP contribution is 2.29. The van der Waals surface area contributed by atoms with Gasteiger partial charge in [0.25, 0.3) is 5.91 Å². The lowest BCUT2D eigenvalue weighted by molar-refractivity contribution is -0.172. The van der Waals surface area contributed by atoms with E-state index in [1.807, 2.05) is 25.1 Å². The van der Waals surface area contributed by atoms with E-state index in [2.05, 4.69) is 23.6 Å². The van der Waals surface area contributed by atoms with Gasteiger partial charge in [0.15, 0.2) is 5.60 Å². The molecule has 27 heavy (non-hydrogen) atoms. The van der Waals surface area contributed by atoms with Crippen LogP contribution in [0.15, 0.2) is 41.8 Å². The van der Waals surface area contributed by atoms with E-state index in [9.17, 15) is 9.59 Å². The highest BCUT2D eigenvalue weighted by Gasteiger charge is 2.45. The van der Waals surface area contributed by atoms with Crippen molar-refractivity contribution in [2.24, 2.45) is 0 Å². The van der Waals surface area contributed by atoms with Crippen molar-refractivity contribution in [3.63, 3.8) is 0 Å². The second-order valence-corrected chi connectivity index (χ2v) is 8.01. The summed E-state index contributed by atoms with van der Waals surface area (Å²) in [7, 11) is 3.46. The molecule has 0 spiro atoms. The van der Waals surface area contributed by atoms with E-state index in [1.165, 1.54) is 4.88 Å². The summed E-state index contributed by atoms with van der Waals surface area (Å²) in [4.78, 5) is 29.7. The van der Waals surface area contributed by atoms with Crippen LogP contribution in [-0.4, -0.2) is 61.0 Å². The van der Waals surface area contributed by atoms with Crippen LogP contribution in [0.4, 0.5) is 0 Å². The van der Waals surface area contributed by atoms with Crippen molar-refractivity contribution in [3.8, 4) is 10.4 Å². The SMILES string of the molecule is CCC(=O)N1CCO[C@](Cc2ccc(-c3cccs3)cc2)(C(=O)N(C)C)C1. The van der Waals surface area contributed by atoms with Crippen LogP contribution in [0.3, 0.4) is 0 Å². The number of ether oxygens (including phenoxy) is 1. The maximum atomic E-state index is 13.0. The second kappa shape index (κ2) is 8.23. The molecule has 0 unspecified atom stereocenters. The Morgan fingerprint density at radius 2 is 1.96 bits per heavy atom. The fourth-order valence-electron chi connectivity index (χ4n) is 3.50. The normalized spacial score (nSPS) is 19.7. The van der Waals surface area contributed by atoms with Gasteiger partial charge in [0.05, 0.1) is 13.2 Å². The van der Waals surface area contributed by atoms with Crippen molar-refractivity contribution in [3.05, 3.63) is 47.3 Å². The van der Waals surface area contributed by atoms with Crippen LogP contribution in [0, 0.1) is 0 Å². The molecule has 1 aliphatic heterocycles. The zero-order valence-corrected chi connectivity index (χ0v) is 16.9. The Morgan fingerprint density at radius 3 is 2.56 bits per heavy atom. The van der Waals surface area contributed by atoms with Crippen LogP contribution >= 0.6 is 11.3 Å². The molecule has 2 aromatic rings. The van der Waals surface area contributed by atoms with Gasteiger partial charge in [-0.15, -0.1) is 11.3 Å². The van der Waals surface area contributed by atoms with Gasteiger partial charge >= 0.3 is 0 Å². The minimum atomic E-state index is -1.03. The van der Waals surface area contributed by atoms with Crippen LogP contribution < -0.4 is 0 Å². The van der Waals surface area contributed by atoms with Crippen LogP contribution in [0.1, 0.15) is 18.9 Å². The van der Waals surface area contributed by atoms with E-state index in [4.69, 9.17) is 4.74 Å². The first-order valence-electron chi connectivity index (χ1n) is 9.21. The third-order valence-corrected chi connectivity index (χ3v) is 5.81. The summed E-state index contributed by atoms with van der Waals surface area (Å²) in [6.45, 7) is 3.05. The van der Waals surface area contributed by atoms with Gasteiger partial charge in [0, 0.05) is 38.4 Å². The number of carbonyl (C=O) groups is 2. The van der Waals surface area contributed by atoms with Gasteiger partial charge < -0.3 is 14.5 Å². The maximum absolute atomic E-state index is 13.0. The van der Waals surface area contributed by atoms with Crippen molar-refractivity contribution in [1.82, 2.24) is 9.80 Å². The summed E-state index contributed by atoms with van der Waals surface area (Å²) in [5.41, 5.74) is 1.15. The first kappa shape index (κ1) is 19.6. The third kappa shape index (κ3) is 4.22. The van der Waals surface area contributed by atoms with Crippen LogP contribution in [0.5, 0.6) is 0 Å². The Kier molecular flexibility index (Phi) is 5.97. The largest absolute Gasteiger partial charge is 0.361 e. The Balaban J connectivity index is 1.85. The summed E-state index contributed by atoms with van der Waals surface area (Å²) < 4.78 is 6.04. The molecule has 1 fully saturated rings. The Morgan fingerprint density at radius 1 is 1.22 bits per heavy atom. The topological polar surface area (TPSA) is 49.9 Å². The Labute approximate surface area is 164 Å². The van der Waals surface area contributed by atoms with E-state index < -0.39 is 5.60 Å². The van der Waals surface area contributed by atoms with Crippen LogP contribution in [-0.2, 0) is 20.7 Å². The molecule has 5 nitrogen and oxygen atoms in total. The van der Waals surface area contributed by atoms with E-state index >= 15 is 0 Å². The molecular weight excluding hydrogens is 360 g/mol. The average molecular weight is 387 g/mol. The zero-order valence-electron chi connectivity index (χ0n) is 16.1. The minimum absolute atomic E-state index is 0.0577. The van der Waals surface area contributed by atoms with Crippen molar-refractivity contribution >= 4 is 23.2 Å². The molecule has 1 aromatic heterocycles. The quantitative estimate of drug-likeness (QED) is 0.794. The zero-order chi connectivity index (χ0) is 19.4. The van der Waals surface area contributed by atoms with E-state index in [0.29, 0.717) is 32.5 Å². The maximum Gasteiger partial charge on any atom is 0.256 e. The molecule has 6 heteroatoms. The van der Waals surface area contributed by atoms with Gasteiger partial charge in [-0.05, 0) is 22.6 Å². The number of thiophene rings is 1. The summed E-state index contributed by atoms with van der Waals surface area (Å²) >= 11 is 1.70. The minimum Gasteiger partial charge on any atom is -0.361 e. The molecular formula is C21H26N2O3S. The van der Waals surface area contributed by atoms with Crippen molar-refractivity contribution in [2.75, 3.05) is 33.8 Å². The number of hydrogen-bond acceptors (Lipinski definition) is 4. The van der Waals surface area contributed by atoms with Crippen LogP contribution in [0.2, 0.25) is 0 Å². The van der Waals surface area contributed by atoms with Gasteiger partial charge in [-0.3, -0.25) is 9.59 Å². The second-order valence-electron chi connectivity index (χ2n) is 7.06. The summed E-state index contributed by atoms with van der Waals surface area (Å²) in [6, 6.07) is 12.4. The monoisotopic (exact) mass is 386 g/mol. The molecule has 0 bridgehead atoms. The van der Waals surface area contributed by atoms with Gasteiger partial charge in [-0.25, -0.2) is 0 Å². The number of amides is 2. The average Bonchev–Trinajstić information content (AvgIpc) is 3.22. The lowest BCUT2D eigenvalue weighted by Gasteiger charge is -2.42. The van der Waals surface area contributed by atoms with Crippen molar-refractivity contribution in [1.29, 1.82) is 0 Å². The predicted molar refractivity (Wildman–Crippen MR) is 108 cm³/mol. The number of carbonyl (C=O) groups excluding carboxylic acids is 2. The number of benzene rings is 1. The molecule has 0 N–H and O–H groups in total. The summed E-state index contributed by atoms with van der Waals surface area (Å²) in [5.74, 6) is -0.0410. The standard InChI is InChI=1S/C21H26N2O3S/c1-4-19(24)23-11-12-26-21(15-23,20(25)22(2)3)14-16-7-9-17(10-8-16)18-6-5-13-27-18/h5-10,13H,4,11-12,14-15H2,1-3H3/t21-/m0/s1. The van der Waals surface area contributed by atoms with E-state index in [1.54, 1.807) is 35.2 Å². The lowest BCUT2D eigenvalue weighted by atomic mass is 9.90. The first-order chi connectivity index (χ1) is 12.9. The first-order valence-corrected chi connectivity index (χ1v) is 10.1. The molecule has 3 rings (SSSR count). The number of morpholine rings is 1. The van der Waals surface area contributed by atoms with Gasteiger partial charge in [-0.1, -0.05) is 37.3 Å². The molecule has 1 aromatic carbocycles. The smallest absolute Gasteiger partial charge is 0.256 e. The molecule has 144 valence electrons. The van der Waals surface area contributed by atoms with E-state index in [0.717, 1.165) is 11.1 Å². The highest BCUT2D eigenvalue weighted by atomic mass is 32.1. The molecule has 1 atom stereocenters. The van der Waals surface area contributed by atoms with Crippen LogP contribution in [0.25, 0.3) is 10.4 Å². The van der Waals surface area contributed by atoms with Gasteiger partial charge in [-0.2, -0.15) is 0 Å². The third-order valence-electron chi connectivity index (χ3n) is 4.89. The molecule has 1 aliphatic rings. The molecule has 0 radical (unpaired) electrons. The number of nitrogens with zero attached hydrogens (tertiary/aromatic N) is 2. The fourth-order valence-corrected chi connectivity index (χ4v) is 4.23. The Hall–Kier alpha value is -2.18. The molecule has 0 aliphatic carbocycles. The number of likely N-dealkylation sites (N-methyl/N-ethyl adjacent to an activating group) is 1. The fraction of sp³-hybridized carbons (Fsp3) is 0.429. The Bertz CT molecular complexity index is 786. The molecule has 2 heterocycles. The van der Waals surface area contributed by atoms with Gasteiger partial charge in [0.1, 0.15) is 0 Å². The number of rotatable bonds is 5. The lowest BCUT2D eigenvalue weighted by Crippen LogP contribution is -2.61. The highest BCUT2D eigenvalue weighted by molar-refractivity contribution is 7.13. The molecule has 0 saturated carbocycles. The summed E-state index contributed by atoms with van der Waals surface area (Å²) in [6.07, 6.45) is 0.879. The van der Waals surface area contributed by atoms with Gasteiger partial charge in [0.2, 0.25) is 5.91 Å². The number of hydrogen-bond donors (Lipinski definition) is 0. The molecule has 1 saturated heterocycles. The predicted octanol–water partition coefficient (Wildman–Crippen LogP) is 3.05. The van der Waals surface area contributed by atoms with Crippen molar-refractivity contribution in [2.45, 2.75) is 25.4 Å². The van der Waals surface area contributed by atoms with Crippen molar-refractivity contribution < 1.29 is 14.3 Å². The van der Waals surface area contributed by atoms with E-state index in [-0.39, 0.29) is 11.8 Å². The molecule has 2 amide bonds. The summed E-state index contributed by atoms with van der Waals surface area (Å²) in [5, 5.41) is 2.06.